The largest absolute Gasteiger partial charge is 0.486 e. The number of rotatable bonds is 8. The highest BCUT2D eigenvalue weighted by Gasteiger charge is 2.18. The fourth-order valence-electron chi connectivity index (χ4n) is 3.52. The van der Waals surface area contributed by atoms with E-state index < -0.39 is 0 Å². The Bertz CT molecular complexity index is 1240. The van der Waals surface area contributed by atoms with Crippen LogP contribution in [0.4, 0.5) is 10.1 Å². The summed E-state index contributed by atoms with van der Waals surface area (Å²) in [6.45, 7) is 6.51. The fourth-order valence-corrected chi connectivity index (χ4v) is 3.52. The van der Waals surface area contributed by atoms with Crippen molar-refractivity contribution in [3.05, 3.63) is 101 Å². The van der Waals surface area contributed by atoms with Crippen LogP contribution in [0.15, 0.2) is 65.1 Å². The summed E-state index contributed by atoms with van der Waals surface area (Å²) in [5, 5.41) is 7.41. The van der Waals surface area contributed by atoms with Crippen LogP contribution in [-0.4, -0.2) is 15.7 Å². The standard InChI is InChI=1S/C26H26FN3O3/c1-4-19-7-11-22(12-8-19)32-16-23-13-14-24(33-23)26(31)28-25-17(2)29-30(18(25)3)15-20-5-9-21(27)10-6-20/h5-14H,4,15-16H2,1-3H3,(H,28,31). The number of halogens is 1. The first kappa shape index (κ1) is 22.3. The van der Waals surface area contributed by atoms with Gasteiger partial charge in [-0.05, 0) is 67.8 Å². The Balaban J connectivity index is 1.39. The molecule has 2 aromatic heterocycles. The number of amides is 1. The molecule has 0 spiro atoms. The number of aromatic nitrogens is 2. The monoisotopic (exact) mass is 447 g/mol. The number of benzene rings is 2. The van der Waals surface area contributed by atoms with Crippen LogP contribution in [-0.2, 0) is 19.6 Å². The average molecular weight is 448 g/mol. The van der Waals surface area contributed by atoms with Crippen molar-refractivity contribution in [1.29, 1.82) is 0 Å². The van der Waals surface area contributed by atoms with E-state index in [9.17, 15) is 9.18 Å². The third kappa shape index (κ3) is 5.31. The first-order valence-electron chi connectivity index (χ1n) is 10.8. The molecule has 0 unspecified atom stereocenters. The van der Waals surface area contributed by atoms with Crippen molar-refractivity contribution in [2.75, 3.05) is 5.32 Å². The molecule has 0 fully saturated rings. The smallest absolute Gasteiger partial charge is 0.291 e. The second kappa shape index (κ2) is 9.73. The van der Waals surface area contributed by atoms with Gasteiger partial charge in [-0.15, -0.1) is 0 Å². The van der Waals surface area contributed by atoms with Gasteiger partial charge in [0.05, 0.1) is 23.6 Å². The molecule has 0 radical (unpaired) electrons. The molecule has 7 heteroatoms. The van der Waals surface area contributed by atoms with E-state index in [4.69, 9.17) is 9.15 Å². The SMILES string of the molecule is CCc1ccc(OCc2ccc(C(=O)Nc3c(C)nn(Cc4ccc(F)cc4)c3C)o2)cc1. The Morgan fingerprint density at radius 1 is 1.03 bits per heavy atom. The topological polar surface area (TPSA) is 69.3 Å². The van der Waals surface area contributed by atoms with Crippen molar-refractivity contribution in [3.63, 3.8) is 0 Å². The number of ether oxygens (including phenoxy) is 1. The lowest BCUT2D eigenvalue weighted by Crippen LogP contribution is -2.12. The minimum atomic E-state index is -0.360. The van der Waals surface area contributed by atoms with Gasteiger partial charge in [-0.1, -0.05) is 31.2 Å². The van der Waals surface area contributed by atoms with Gasteiger partial charge in [0.1, 0.15) is 23.9 Å². The van der Waals surface area contributed by atoms with Gasteiger partial charge in [0.2, 0.25) is 0 Å². The first-order valence-corrected chi connectivity index (χ1v) is 10.8. The van der Waals surface area contributed by atoms with Crippen molar-refractivity contribution in [2.24, 2.45) is 0 Å². The molecule has 0 bridgehead atoms. The number of furan rings is 1. The molecule has 1 amide bonds. The van der Waals surface area contributed by atoms with Gasteiger partial charge in [-0.2, -0.15) is 5.10 Å². The Kier molecular flexibility index (Phi) is 6.58. The molecule has 2 aromatic carbocycles. The van der Waals surface area contributed by atoms with Crippen LogP contribution in [0.2, 0.25) is 0 Å². The lowest BCUT2D eigenvalue weighted by Gasteiger charge is -2.07. The van der Waals surface area contributed by atoms with E-state index in [1.165, 1.54) is 17.7 Å². The second-order valence-electron chi connectivity index (χ2n) is 7.84. The number of nitrogens with zero attached hydrogens (tertiary/aromatic N) is 2. The van der Waals surface area contributed by atoms with Crippen LogP contribution < -0.4 is 10.1 Å². The van der Waals surface area contributed by atoms with E-state index in [0.29, 0.717) is 23.7 Å². The molecule has 170 valence electrons. The number of hydrogen-bond acceptors (Lipinski definition) is 4. The molecular weight excluding hydrogens is 421 g/mol. The summed E-state index contributed by atoms with van der Waals surface area (Å²) in [5.74, 6) is 0.855. The molecule has 0 saturated heterocycles. The van der Waals surface area contributed by atoms with E-state index >= 15 is 0 Å². The predicted molar refractivity (Wildman–Crippen MR) is 124 cm³/mol. The molecule has 4 aromatic rings. The zero-order chi connectivity index (χ0) is 23.4. The van der Waals surface area contributed by atoms with Crippen molar-refractivity contribution >= 4 is 11.6 Å². The van der Waals surface area contributed by atoms with E-state index in [-0.39, 0.29) is 24.1 Å². The number of anilines is 1. The van der Waals surface area contributed by atoms with Crippen molar-refractivity contribution in [3.8, 4) is 5.75 Å². The first-order chi connectivity index (χ1) is 15.9. The van der Waals surface area contributed by atoms with Gasteiger partial charge >= 0.3 is 0 Å². The number of hydrogen-bond donors (Lipinski definition) is 1. The molecule has 4 rings (SSSR count). The third-order valence-corrected chi connectivity index (χ3v) is 5.46. The summed E-state index contributed by atoms with van der Waals surface area (Å²) < 4.78 is 26.4. The Hall–Kier alpha value is -3.87. The average Bonchev–Trinajstić information content (AvgIpc) is 3.40. The van der Waals surface area contributed by atoms with Gasteiger partial charge < -0.3 is 14.5 Å². The minimum Gasteiger partial charge on any atom is -0.486 e. The summed E-state index contributed by atoms with van der Waals surface area (Å²) in [5.41, 5.74) is 4.28. The number of carbonyl (C=O) groups is 1. The zero-order valence-electron chi connectivity index (χ0n) is 18.9. The highest BCUT2D eigenvalue weighted by molar-refractivity contribution is 6.02. The van der Waals surface area contributed by atoms with Crippen LogP contribution in [0.3, 0.4) is 0 Å². The summed E-state index contributed by atoms with van der Waals surface area (Å²) in [4.78, 5) is 12.8. The molecule has 0 aliphatic carbocycles. The Labute approximate surface area is 192 Å². The van der Waals surface area contributed by atoms with E-state index in [2.05, 4.69) is 17.3 Å². The maximum atomic E-state index is 13.2. The molecule has 6 nitrogen and oxygen atoms in total. The van der Waals surface area contributed by atoms with Crippen LogP contribution in [0.1, 0.15) is 45.8 Å². The third-order valence-electron chi connectivity index (χ3n) is 5.46. The van der Waals surface area contributed by atoms with Crippen molar-refractivity contribution in [2.45, 2.75) is 40.3 Å². The van der Waals surface area contributed by atoms with E-state index in [1.807, 2.05) is 38.1 Å². The molecule has 33 heavy (non-hydrogen) atoms. The highest BCUT2D eigenvalue weighted by atomic mass is 19.1. The minimum absolute atomic E-state index is 0.194. The summed E-state index contributed by atoms with van der Waals surface area (Å²) >= 11 is 0. The van der Waals surface area contributed by atoms with Crippen molar-refractivity contribution in [1.82, 2.24) is 9.78 Å². The predicted octanol–water partition coefficient (Wildman–Crippen LogP) is 5.67. The van der Waals surface area contributed by atoms with Crippen molar-refractivity contribution < 1.29 is 18.3 Å². The molecule has 0 aliphatic rings. The number of nitrogens with one attached hydrogen (secondary N) is 1. The van der Waals surface area contributed by atoms with Gasteiger partial charge in [0, 0.05) is 0 Å². The van der Waals surface area contributed by atoms with E-state index in [0.717, 1.165) is 23.4 Å². The Morgan fingerprint density at radius 2 is 1.73 bits per heavy atom. The van der Waals surface area contributed by atoms with Gasteiger partial charge in [-0.25, -0.2) is 4.39 Å². The Morgan fingerprint density at radius 3 is 2.42 bits per heavy atom. The van der Waals surface area contributed by atoms with Gasteiger partial charge in [0.15, 0.2) is 5.76 Å². The maximum absolute atomic E-state index is 13.2. The molecule has 2 heterocycles. The number of aryl methyl sites for hydroxylation is 2. The fraction of sp³-hybridized carbons (Fsp3) is 0.231. The van der Waals surface area contributed by atoms with Gasteiger partial charge in [-0.3, -0.25) is 9.48 Å². The van der Waals surface area contributed by atoms with Crippen LogP contribution in [0, 0.1) is 19.7 Å². The van der Waals surface area contributed by atoms with Crippen LogP contribution in [0.5, 0.6) is 5.75 Å². The second-order valence-corrected chi connectivity index (χ2v) is 7.84. The molecular formula is C26H26FN3O3. The van der Waals surface area contributed by atoms with Crippen LogP contribution in [0.25, 0.3) is 0 Å². The molecule has 0 aliphatic heterocycles. The lowest BCUT2D eigenvalue weighted by atomic mass is 10.2. The van der Waals surface area contributed by atoms with Gasteiger partial charge in [0.25, 0.3) is 5.91 Å². The maximum Gasteiger partial charge on any atom is 0.291 e. The normalized spacial score (nSPS) is 10.9. The lowest BCUT2D eigenvalue weighted by molar-refractivity contribution is 0.0992. The summed E-state index contributed by atoms with van der Waals surface area (Å²) in [7, 11) is 0. The summed E-state index contributed by atoms with van der Waals surface area (Å²) in [6, 6.07) is 17.5. The van der Waals surface area contributed by atoms with E-state index in [1.54, 1.807) is 28.9 Å². The van der Waals surface area contributed by atoms with Crippen LogP contribution >= 0.6 is 0 Å². The molecule has 0 atom stereocenters. The molecule has 0 saturated carbocycles. The quantitative estimate of drug-likeness (QED) is 0.378. The highest BCUT2D eigenvalue weighted by Crippen LogP contribution is 2.22. The zero-order valence-corrected chi connectivity index (χ0v) is 18.9. The molecule has 1 N–H and O–H groups in total. The number of carbonyl (C=O) groups excluding carboxylic acids is 1. The summed E-state index contributed by atoms with van der Waals surface area (Å²) in [6.07, 6.45) is 0.973.